The number of hydrogen-bond acceptors (Lipinski definition) is 5. The molecule has 0 saturated carbocycles. The van der Waals surface area contributed by atoms with E-state index in [1.807, 2.05) is 81.4 Å². The molecule has 6 rings (SSSR count). The van der Waals surface area contributed by atoms with Gasteiger partial charge in [0.15, 0.2) is 0 Å². The summed E-state index contributed by atoms with van der Waals surface area (Å²) in [7, 11) is 0. The van der Waals surface area contributed by atoms with Crippen LogP contribution < -0.4 is 15.1 Å². The van der Waals surface area contributed by atoms with E-state index in [9.17, 15) is 9.59 Å². The van der Waals surface area contributed by atoms with Crippen LogP contribution in [0.4, 0.5) is 26.7 Å². The molecule has 42 heavy (non-hydrogen) atoms. The number of fused-ring (bicyclic) bond motifs is 2. The molecule has 0 spiro atoms. The number of nitrogens with one attached hydrogen (secondary N) is 1. The average Bonchev–Trinajstić information content (AvgIpc) is 3.39. The van der Waals surface area contributed by atoms with E-state index in [2.05, 4.69) is 21.3 Å². The van der Waals surface area contributed by atoms with Gasteiger partial charge in [-0.05, 0) is 68.5 Å². The van der Waals surface area contributed by atoms with E-state index in [1.54, 1.807) is 16.0 Å². The number of benzene rings is 3. The largest absolute Gasteiger partial charge is 0.444 e. The molecule has 3 aromatic carbocycles. The second-order valence-corrected chi connectivity index (χ2v) is 12.0. The molecule has 0 unspecified atom stereocenters. The van der Waals surface area contributed by atoms with E-state index >= 15 is 0 Å². The van der Waals surface area contributed by atoms with Crippen LogP contribution in [0.25, 0.3) is 22.0 Å². The molecule has 0 bridgehead atoms. The van der Waals surface area contributed by atoms with Gasteiger partial charge in [0.1, 0.15) is 5.60 Å². The first kappa shape index (κ1) is 27.8. The van der Waals surface area contributed by atoms with Gasteiger partial charge < -0.3 is 19.9 Å². The van der Waals surface area contributed by atoms with E-state index in [0.717, 1.165) is 51.1 Å². The smallest absolute Gasteiger partial charge is 0.410 e. The first-order valence-corrected chi connectivity index (χ1v) is 14.6. The second kappa shape index (κ2) is 11.2. The van der Waals surface area contributed by atoms with Crippen LogP contribution in [0.2, 0.25) is 5.02 Å². The lowest BCUT2D eigenvalue weighted by Gasteiger charge is -2.37. The second-order valence-electron chi connectivity index (χ2n) is 11.6. The molecular weight excluding hydrogens is 550 g/mol. The molecule has 0 atom stereocenters. The minimum absolute atomic E-state index is 0.187. The van der Waals surface area contributed by atoms with Gasteiger partial charge in [-0.2, -0.15) is 0 Å². The summed E-state index contributed by atoms with van der Waals surface area (Å²) in [4.78, 5) is 36.4. The minimum Gasteiger partial charge on any atom is -0.444 e. The molecule has 4 aromatic rings. The summed E-state index contributed by atoms with van der Waals surface area (Å²) in [5, 5.41) is 5.79. The first-order valence-electron chi connectivity index (χ1n) is 14.2. The monoisotopic (exact) mass is 583 g/mol. The van der Waals surface area contributed by atoms with Gasteiger partial charge in [-0.3, -0.25) is 9.88 Å². The maximum atomic E-state index is 13.7. The fraction of sp³-hybridized carbons (Fsp3) is 0.303. The Morgan fingerprint density at radius 1 is 0.881 bits per heavy atom. The Morgan fingerprint density at radius 3 is 2.33 bits per heavy atom. The van der Waals surface area contributed by atoms with Crippen LogP contribution in [0.1, 0.15) is 26.3 Å². The molecule has 0 aliphatic carbocycles. The summed E-state index contributed by atoms with van der Waals surface area (Å²) in [6.07, 6.45) is 2.21. The van der Waals surface area contributed by atoms with Crippen molar-refractivity contribution in [2.75, 3.05) is 47.8 Å². The highest BCUT2D eigenvalue weighted by molar-refractivity contribution is 6.33. The average molecular weight is 584 g/mol. The highest BCUT2D eigenvalue weighted by Gasteiger charge is 2.30. The molecule has 2 aliphatic rings. The molecule has 1 N–H and O–H groups in total. The Balaban J connectivity index is 1.21. The zero-order chi connectivity index (χ0) is 29.4. The van der Waals surface area contributed by atoms with Crippen LogP contribution in [-0.4, -0.2) is 60.3 Å². The van der Waals surface area contributed by atoms with Gasteiger partial charge in [-0.1, -0.05) is 48.0 Å². The summed E-state index contributed by atoms with van der Waals surface area (Å²) >= 11 is 6.74. The van der Waals surface area contributed by atoms with E-state index in [-0.39, 0.29) is 12.1 Å². The molecule has 3 amide bonds. The number of pyridine rings is 1. The molecule has 3 heterocycles. The lowest BCUT2D eigenvalue weighted by atomic mass is 10.00. The van der Waals surface area contributed by atoms with Crippen LogP contribution >= 0.6 is 11.6 Å². The van der Waals surface area contributed by atoms with Gasteiger partial charge in [0, 0.05) is 49.9 Å². The number of amides is 3. The van der Waals surface area contributed by atoms with Crippen molar-refractivity contribution in [3.8, 4) is 11.3 Å². The number of nitrogens with zero attached hydrogens (tertiary/aromatic N) is 4. The molecule has 1 aromatic heterocycles. The van der Waals surface area contributed by atoms with E-state index in [4.69, 9.17) is 16.3 Å². The molecule has 8 nitrogen and oxygen atoms in total. The van der Waals surface area contributed by atoms with Crippen molar-refractivity contribution in [2.24, 2.45) is 0 Å². The highest BCUT2D eigenvalue weighted by atomic mass is 35.5. The standard InChI is InChI=1S/C33H34ClN5O3/c1-33(2,3)42-32(41)38-18-16-37(17-19-38)30-21-29-22(20-26(30)34)13-15-39(29)31(40)36-28-12-11-25(27-10-6-7-14-35-27)23-8-4-5-9-24(23)28/h4-12,14,20-21H,13,15-19H2,1-3H3,(H,36,40). The quantitative estimate of drug-likeness (QED) is 0.276. The first-order chi connectivity index (χ1) is 20.2. The molecule has 9 heteroatoms. The number of carbonyl (C=O) groups is 2. The van der Waals surface area contributed by atoms with Crippen LogP contribution in [0.15, 0.2) is 72.9 Å². The minimum atomic E-state index is -0.533. The number of rotatable bonds is 3. The van der Waals surface area contributed by atoms with Gasteiger partial charge >= 0.3 is 12.1 Å². The van der Waals surface area contributed by atoms with Crippen molar-refractivity contribution in [1.29, 1.82) is 0 Å². The van der Waals surface area contributed by atoms with Crippen LogP contribution in [0, 0.1) is 0 Å². The fourth-order valence-electron chi connectivity index (χ4n) is 5.64. The molecular formula is C33H34ClN5O3. The maximum Gasteiger partial charge on any atom is 0.410 e. The lowest BCUT2D eigenvalue weighted by Crippen LogP contribution is -2.50. The van der Waals surface area contributed by atoms with E-state index in [0.29, 0.717) is 37.7 Å². The number of aromatic nitrogens is 1. The Kier molecular flexibility index (Phi) is 7.41. The molecule has 2 aliphatic heterocycles. The van der Waals surface area contributed by atoms with E-state index in [1.165, 1.54) is 0 Å². The summed E-state index contributed by atoms with van der Waals surface area (Å²) in [6, 6.07) is 21.6. The van der Waals surface area contributed by atoms with Gasteiger partial charge in [0.2, 0.25) is 0 Å². The third-order valence-corrected chi connectivity index (χ3v) is 7.97. The molecule has 1 fully saturated rings. The van der Waals surface area contributed by atoms with Crippen LogP contribution in [0.3, 0.4) is 0 Å². The number of anilines is 3. The fourth-order valence-corrected chi connectivity index (χ4v) is 5.95. The van der Waals surface area contributed by atoms with Crippen molar-refractivity contribution in [1.82, 2.24) is 9.88 Å². The van der Waals surface area contributed by atoms with Crippen molar-refractivity contribution in [3.63, 3.8) is 0 Å². The summed E-state index contributed by atoms with van der Waals surface area (Å²) in [5.74, 6) is 0. The van der Waals surface area contributed by atoms with Crippen molar-refractivity contribution >= 4 is 51.6 Å². The third kappa shape index (κ3) is 5.59. The number of urea groups is 1. The lowest BCUT2D eigenvalue weighted by molar-refractivity contribution is 0.0240. The molecule has 216 valence electrons. The number of ether oxygens (including phenoxy) is 1. The topological polar surface area (TPSA) is 78.0 Å². The normalized spacial score (nSPS) is 15.1. The SMILES string of the molecule is CC(C)(C)OC(=O)N1CCN(c2cc3c(cc2Cl)CCN3C(=O)Nc2ccc(-c3ccccn3)c3ccccc23)CC1. The zero-order valence-electron chi connectivity index (χ0n) is 24.1. The predicted octanol–water partition coefficient (Wildman–Crippen LogP) is 7.21. The van der Waals surface area contributed by atoms with Gasteiger partial charge in [0.05, 0.1) is 27.8 Å². The zero-order valence-corrected chi connectivity index (χ0v) is 24.8. The predicted molar refractivity (Wildman–Crippen MR) is 169 cm³/mol. The van der Waals surface area contributed by atoms with Crippen molar-refractivity contribution < 1.29 is 14.3 Å². The van der Waals surface area contributed by atoms with E-state index < -0.39 is 5.60 Å². The van der Waals surface area contributed by atoms with Crippen molar-refractivity contribution in [2.45, 2.75) is 32.8 Å². The Hall–Kier alpha value is -4.30. The maximum absolute atomic E-state index is 13.7. The van der Waals surface area contributed by atoms with Gasteiger partial charge in [-0.25, -0.2) is 9.59 Å². The Labute approximate surface area is 250 Å². The number of hydrogen-bond donors (Lipinski definition) is 1. The number of halogens is 1. The number of carbonyl (C=O) groups excluding carboxylic acids is 2. The number of piperazine rings is 1. The van der Waals surface area contributed by atoms with Crippen LogP contribution in [-0.2, 0) is 11.2 Å². The van der Waals surface area contributed by atoms with Crippen LogP contribution in [0.5, 0.6) is 0 Å². The van der Waals surface area contributed by atoms with Crippen molar-refractivity contribution in [3.05, 3.63) is 83.5 Å². The van der Waals surface area contributed by atoms with Gasteiger partial charge in [-0.15, -0.1) is 0 Å². The highest BCUT2D eigenvalue weighted by Crippen LogP contribution is 2.39. The summed E-state index contributed by atoms with van der Waals surface area (Å²) in [5.41, 5.74) is 4.88. The molecule has 1 saturated heterocycles. The Morgan fingerprint density at radius 2 is 1.62 bits per heavy atom. The summed E-state index contributed by atoms with van der Waals surface area (Å²) in [6.45, 7) is 8.49. The Bertz CT molecular complexity index is 1650. The molecule has 0 radical (unpaired) electrons. The summed E-state index contributed by atoms with van der Waals surface area (Å²) < 4.78 is 5.54. The van der Waals surface area contributed by atoms with Gasteiger partial charge in [0.25, 0.3) is 0 Å². The third-order valence-electron chi connectivity index (χ3n) is 7.67.